The predicted molar refractivity (Wildman–Crippen MR) is 126 cm³/mol. The van der Waals surface area contributed by atoms with Crippen LogP contribution in [-0.4, -0.2) is 56.0 Å². The molecule has 0 spiro atoms. The average Bonchev–Trinajstić information content (AvgIpc) is 3.45. The summed E-state index contributed by atoms with van der Waals surface area (Å²) in [5.74, 6) is 2.24. The largest absolute Gasteiger partial charge is 0.481 e. The van der Waals surface area contributed by atoms with Gasteiger partial charge < -0.3 is 18.9 Å². The number of ether oxygens (including phenoxy) is 2. The van der Waals surface area contributed by atoms with Crippen LogP contribution in [0.15, 0.2) is 28.9 Å². The van der Waals surface area contributed by atoms with Gasteiger partial charge >= 0.3 is 6.01 Å². The molecule has 0 saturated carbocycles. The number of methoxy groups -OCH3 is 1. The molecule has 34 heavy (non-hydrogen) atoms. The Morgan fingerprint density at radius 1 is 1.06 bits per heavy atom. The molecule has 5 rings (SSSR count). The third-order valence-electron chi connectivity index (χ3n) is 6.14. The van der Waals surface area contributed by atoms with E-state index in [1.807, 2.05) is 32.0 Å². The molecule has 0 aliphatic carbocycles. The second-order valence-corrected chi connectivity index (χ2v) is 8.86. The first-order valence-electron chi connectivity index (χ1n) is 11.6. The van der Waals surface area contributed by atoms with Gasteiger partial charge in [0.25, 0.3) is 0 Å². The van der Waals surface area contributed by atoms with Crippen molar-refractivity contribution < 1.29 is 14.0 Å². The first-order chi connectivity index (χ1) is 16.4. The maximum Gasteiger partial charge on any atom is 0.324 e. The summed E-state index contributed by atoms with van der Waals surface area (Å²) in [4.78, 5) is 15.8. The van der Waals surface area contributed by atoms with E-state index in [9.17, 15) is 0 Å². The van der Waals surface area contributed by atoms with E-state index in [2.05, 4.69) is 38.9 Å². The van der Waals surface area contributed by atoms with Gasteiger partial charge in [0.2, 0.25) is 11.8 Å². The number of nitrogens with zero attached hydrogens (tertiary/aromatic N) is 7. The molecule has 1 fully saturated rings. The molecule has 0 bridgehead atoms. The Bertz CT molecular complexity index is 1310. The highest BCUT2D eigenvalue weighted by Crippen LogP contribution is 2.32. The summed E-state index contributed by atoms with van der Waals surface area (Å²) in [5.41, 5.74) is 4.40. The number of hydrogen-bond acceptors (Lipinski definition) is 9. The highest BCUT2D eigenvalue weighted by atomic mass is 16.5. The number of rotatable bonds is 6. The van der Waals surface area contributed by atoms with Gasteiger partial charge in [-0.1, -0.05) is 19.0 Å². The summed E-state index contributed by atoms with van der Waals surface area (Å²) in [6, 6.07) is 6.30. The van der Waals surface area contributed by atoms with Crippen molar-refractivity contribution in [3.63, 3.8) is 0 Å². The quantitative estimate of drug-likeness (QED) is 0.420. The topological polar surface area (TPSA) is 104 Å². The summed E-state index contributed by atoms with van der Waals surface area (Å²) >= 11 is 0. The van der Waals surface area contributed by atoms with E-state index in [-0.39, 0.29) is 12.0 Å². The van der Waals surface area contributed by atoms with Crippen molar-refractivity contribution in [3.8, 4) is 22.9 Å². The van der Waals surface area contributed by atoms with Crippen LogP contribution < -0.4 is 14.4 Å². The molecule has 10 heteroatoms. The molecule has 4 aromatic heterocycles. The molecule has 178 valence electrons. The number of piperidine rings is 1. The third kappa shape index (κ3) is 4.04. The molecule has 4 aromatic rings. The standard InChI is InChI=1S/C24H29N7O3/c1-14(2)22-27-24(34-29-22)30-12-9-17(10-13-30)33-20-8-11-25-23-21(16(4)28-31(20)23)18-6-7-19(32-5)26-15(18)3/h6-8,11,14,17H,9-10,12-13H2,1-5H3. The molecule has 5 heterocycles. The van der Waals surface area contributed by atoms with Gasteiger partial charge in [0.05, 0.1) is 18.4 Å². The normalized spacial score (nSPS) is 14.8. The van der Waals surface area contributed by atoms with Crippen LogP contribution in [0.3, 0.4) is 0 Å². The fourth-order valence-corrected chi connectivity index (χ4v) is 4.28. The summed E-state index contributed by atoms with van der Waals surface area (Å²) in [7, 11) is 1.61. The SMILES string of the molecule is COc1ccc(-c2c(C)nn3c(OC4CCN(c5nc(C(C)C)no5)CC4)ccnc23)c(C)n1. The van der Waals surface area contributed by atoms with Crippen molar-refractivity contribution >= 4 is 11.7 Å². The van der Waals surface area contributed by atoms with E-state index >= 15 is 0 Å². The lowest BCUT2D eigenvalue weighted by atomic mass is 10.1. The Morgan fingerprint density at radius 2 is 1.85 bits per heavy atom. The highest BCUT2D eigenvalue weighted by molar-refractivity contribution is 5.81. The molecule has 0 radical (unpaired) electrons. The summed E-state index contributed by atoms with van der Waals surface area (Å²) in [6.07, 6.45) is 3.52. The lowest BCUT2D eigenvalue weighted by Crippen LogP contribution is -2.38. The lowest BCUT2D eigenvalue weighted by Gasteiger charge is -2.30. The van der Waals surface area contributed by atoms with E-state index < -0.39 is 0 Å². The molecular formula is C24H29N7O3. The van der Waals surface area contributed by atoms with E-state index in [1.54, 1.807) is 17.8 Å². The zero-order chi connectivity index (χ0) is 23.8. The number of aryl methyl sites for hydroxylation is 2. The maximum absolute atomic E-state index is 6.40. The van der Waals surface area contributed by atoms with Crippen LogP contribution >= 0.6 is 0 Å². The van der Waals surface area contributed by atoms with Crippen molar-refractivity contribution in [1.82, 2.24) is 29.7 Å². The van der Waals surface area contributed by atoms with Gasteiger partial charge in [-0.25, -0.2) is 9.97 Å². The van der Waals surface area contributed by atoms with Crippen LogP contribution in [0.25, 0.3) is 16.8 Å². The number of pyridine rings is 1. The minimum atomic E-state index is 0.0617. The summed E-state index contributed by atoms with van der Waals surface area (Å²) in [5, 5.41) is 8.82. The Hall–Kier alpha value is -3.69. The second-order valence-electron chi connectivity index (χ2n) is 8.86. The van der Waals surface area contributed by atoms with Crippen LogP contribution in [0.2, 0.25) is 0 Å². The van der Waals surface area contributed by atoms with Crippen molar-refractivity contribution in [3.05, 3.63) is 41.6 Å². The average molecular weight is 464 g/mol. The molecule has 10 nitrogen and oxygen atoms in total. The zero-order valence-electron chi connectivity index (χ0n) is 20.1. The molecule has 0 N–H and O–H groups in total. The molecule has 0 amide bonds. The zero-order valence-corrected chi connectivity index (χ0v) is 20.1. The Kier molecular flexibility index (Phi) is 5.80. The van der Waals surface area contributed by atoms with E-state index in [4.69, 9.17) is 19.1 Å². The second kappa shape index (κ2) is 8.92. The molecule has 1 aliphatic heterocycles. The van der Waals surface area contributed by atoms with Crippen LogP contribution in [0.5, 0.6) is 11.8 Å². The minimum Gasteiger partial charge on any atom is -0.481 e. The van der Waals surface area contributed by atoms with Gasteiger partial charge in [-0.05, 0) is 19.9 Å². The van der Waals surface area contributed by atoms with Crippen LogP contribution in [0, 0.1) is 13.8 Å². The van der Waals surface area contributed by atoms with Gasteiger partial charge in [-0.15, -0.1) is 0 Å². The van der Waals surface area contributed by atoms with Gasteiger partial charge in [0, 0.05) is 61.4 Å². The maximum atomic E-state index is 6.40. The molecule has 1 aliphatic rings. The van der Waals surface area contributed by atoms with E-state index in [0.717, 1.165) is 59.9 Å². The molecular weight excluding hydrogens is 434 g/mol. The van der Waals surface area contributed by atoms with Crippen LogP contribution in [0.1, 0.15) is 49.8 Å². The van der Waals surface area contributed by atoms with E-state index in [0.29, 0.717) is 17.8 Å². The molecule has 0 aromatic carbocycles. The number of anilines is 1. The lowest BCUT2D eigenvalue weighted by molar-refractivity contribution is 0.157. The highest BCUT2D eigenvalue weighted by Gasteiger charge is 2.26. The third-order valence-corrected chi connectivity index (χ3v) is 6.14. The smallest absolute Gasteiger partial charge is 0.324 e. The fraction of sp³-hybridized carbons (Fsp3) is 0.458. The van der Waals surface area contributed by atoms with Gasteiger partial charge in [-0.2, -0.15) is 14.6 Å². The Labute approximate surface area is 197 Å². The monoisotopic (exact) mass is 463 g/mol. The van der Waals surface area contributed by atoms with Crippen molar-refractivity contribution in [2.75, 3.05) is 25.1 Å². The van der Waals surface area contributed by atoms with Crippen molar-refractivity contribution in [2.45, 2.75) is 52.6 Å². The molecule has 0 atom stereocenters. The van der Waals surface area contributed by atoms with Crippen LogP contribution in [0.4, 0.5) is 6.01 Å². The van der Waals surface area contributed by atoms with Gasteiger partial charge in [0.15, 0.2) is 11.5 Å². The van der Waals surface area contributed by atoms with Crippen LogP contribution in [-0.2, 0) is 0 Å². The Balaban J connectivity index is 1.35. The minimum absolute atomic E-state index is 0.0617. The number of aromatic nitrogens is 6. The number of hydrogen-bond donors (Lipinski definition) is 0. The molecule has 0 unspecified atom stereocenters. The van der Waals surface area contributed by atoms with Crippen molar-refractivity contribution in [2.24, 2.45) is 0 Å². The number of fused-ring (bicyclic) bond motifs is 1. The Morgan fingerprint density at radius 3 is 2.53 bits per heavy atom. The van der Waals surface area contributed by atoms with Gasteiger partial charge in [0.1, 0.15) is 6.10 Å². The first-order valence-corrected chi connectivity index (χ1v) is 11.6. The summed E-state index contributed by atoms with van der Waals surface area (Å²) in [6.45, 7) is 9.63. The van der Waals surface area contributed by atoms with Crippen molar-refractivity contribution in [1.29, 1.82) is 0 Å². The van der Waals surface area contributed by atoms with Gasteiger partial charge in [-0.3, -0.25) is 0 Å². The first kappa shape index (κ1) is 22.1. The summed E-state index contributed by atoms with van der Waals surface area (Å²) < 4.78 is 18.9. The predicted octanol–water partition coefficient (Wildman–Crippen LogP) is 3.97. The molecule has 1 saturated heterocycles. The fourth-order valence-electron chi connectivity index (χ4n) is 4.28. The van der Waals surface area contributed by atoms with E-state index in [1.165, 1.54) is 0 Å².